The van der Waals surface area contributed by atoms with Gasteiger partial charge in [0.05, 0.1) is 7.11 Å². The Kier molecular flexibility index (Phi) is 5.66. The lowest BCUT2D eigenvalue weighted by atomic mass is 9.98. The SMILES string of the molecule is COc1ccc(-c2ccncc2)cc1-c1ccc2ccn(CC(=O)NCC(=O)O)c2c1. The van der Waals surface area contributed by atoms with Gasteiger partial charge in [-0.05, 0) is 58.5 Å². The van der Waals surface area contributed by atoms with Crippen LogP contribution in [-0.4, -0.2) is 40.2 Å². The van der Waals surface area contributed by atoms with Crippen LogP contribution < -0.4 is 10.1 Å². The zero-order valence-electron chi connectivity index (χ0n) is 16.9. The number of pyridine rings is 1. The van der Waals surface area contributed by atoms with Gasteiger partial charge >= 0.3 is 5.97 Å². The van der Waals surface area contributed by atoms with Gasteiger partial charge in [0.25, 0.3) is 0 Å². The first-order chi connectivity index (χ1) is 15.0. The highest BCUT2D eigenvalue weighted by Gasteiger charge is 2.12. The third kappa shape index (κ3) is 4.40. The number of fused-ring (bicyclic) bond motifs is 1. The fraction of sp³-hybridized carbons (Fsp3) is 0.125. The first-order valence-electron chi connectivity index (χ1n) is 9.71. The van der Waals surface area contributed by atoms with Crippen LogP contribution in [0.25, 0.3) is 33.2 Å². The van der Waals surface area contributed by atoms with Gasteiger partial charge in [-0.1, -0.05) is 18.2 Å². The van der Waals surface area contributed by atoms with Crippen LogP contribution in [0.1, 0.15) is 0 Å². The minimum Gasteiger partial charge on any atom is -0.496 e. The van der Waals surface area contributed by atoms with E-state index in [4.69, 9.17) is 9.84 Å². The summed E-state index contributed by atoms with van der Waals surface area (Å²) in [5.41, 5.74) is 4.85. The second-order valence-corrected chi connectivity index (χ2v) is 7.04. The smallest absolute Gasteiger partial charge is 0.322 e. The molecule has 7 heteroatoms. The predicted molar refractivity (Wildman–Crippen MR) is 118 cm³/mol. The summed E-state index contributed by atoms with van der Waals surface area (Å²) in [5.74, 6) is -0.689. The highest BCUT2D eigenvalue weighted by atomic mass is 16.5. The van der Waals surface area contributed by atoms with Crippen molar-refractivity contribution >= 4 is 22.8 Å². The van der Waals surface area contributed by atoms with E-state index < -0.39 is 12.5 Å². The molecule has 0 unspecified atom stereocenters. The van der Waals surface area contributed by atoms with Crippen molar-refractivity contribution in [2.75, 3.05) is 13.7 Å². The Labute approximate surface area is 178 Å². The summed E-state index contributed by atoms with van der Waals surface area (Å²) in [6.45, 7) is -0.364. The van der Waals surface area contributed by atoms with E-state index in [9.17, 15) is 9.59 Å². The molecule has 1 amide bonds. The number of hydrogen-bond donors (Lipinski definition) is 2. The molecule has 4 aromatic rings. The minimum atomic E-state index is -1.07. The number of benzene rings is 2. The zero-order chi connectivity index (χ0) is 21.8. The number of nitrogens with zero attached hydrogens (tertiary/aromatic N) is 2. The Morgan fingerprint density at radius 3 is 2.52 bits per heavy atom. The number of aromatic nitrogens is 2. The van der Waals surface area contributed by atoms with Gasteiger partial charge in [-0.15, -0.1) is 0 Å². The lowest BCUT2D eigenvalue weighted by Crippen LogP contribution is -2.31. The van der Waals surface area contributed by atoms with E-state index in [1.165, 1.54) is 0 Å². The van der Waals surface area contributed by atoms with Crippen LogP contribution in [-0.2, 0) is 16.1 Å². The molecule has 31 heavy (non-hydrogen) atoms. The topological polar surface area (TPSA) is 93.5 Å². The van der Waals surface area contributed by atoms with Crippen LogP contribution >= 0.6 is 0 Å². The molecule has 156 valence electrons. The number of rotatable bonds is 7. The summed E-state index contributed by atoms with van der Waals surface area (Å²) in [7, 11) is 1.64. The third-order valence-electron chi connectivity index (χ3n) is 5.05. The lowest BCUT2D eigenvalue weighted by molar-refractivity contribution is -0.138. The number of carbonyl (C=O) groups is 2. The predicted octanol–water partition coefficient (Wildman–Crippen LogP) is 3.58. The molecule has 0 radical (unpaired) electrons. The van der Waals surface area contributed by atoms with Gasteiger partial charge in [-0.25, -0.2) is 0 Å². The van der Waals surface area contributed by atoms with Crippen molar-refractivity contribution in [3.63, 3.8) is 0 Å². The third-order valence-corrected chi connectivity index (χ3v) is 5.05. The van der Waals surface area contributed by atoms with Gasteiger partial charge < -0.3 is 19.7 Å². The minimum absolute atomic E-state index is 0.0361. The maximum atomic E-state index is 12.1. The summed E-state index contributed by atoms with van der Waals surface area (Å²) < 4.78 is 7.40. The van der Waals surface area contributed by atoms with E-state index >= 15 is 0 Å². The summed E-state index contributed by atoms with van der Waals surface area (Å²) >= 11 is 0. The average Bonchev–Trinajstić information content (AvgIpc) is 3.19. The number of nitrogens with one attached hydrogen (secondary N) is 1. The van der Waals surface area contributed by atoms with Crippen LogP contribution in [0.15, 0.2) is 73.2 Å². The maximum absolute atomic E-state index is 12.1. The second kappa shape index (κ2) is 8.71. The Balaban J connectivity index is 1.71. The highest BCUT2D eigenvalue weighted by Crippen LogP contribution is 2.35. The zero-order valence-corrected chi connectivity index (χ0v) is 16.9. The highest BCUT2D eigenvalue weighted by molar-refractivity contribution is 5.89. The van der Waals surface area contributed by atoms with Crippen molar-refractivity contribution in [1.29, 1.82) is 0 Å². The van der Waals surface area contributed by atoms with E-state index in [0.29, 0.717) is 0 Å². The number of carbonyl (C=O) groups excluding carboxylic acids is 1. The molecular formula is C24H21N3O4. The molecule has 4 rings (SSSR count). The van der Waals surface area contributed by atoms with Crippen molar-refractivity contribution < 1.29 is 19.4 Å². The Morgan fingerprint density at radius 2 is 1.77 bits per heavy atom. The molecule has 0 aliphatic heterocycles. The lowest BCUT2D eigenvalue weighted by Gasteiger charge is -2.12. The molecule has 0 aliphatic rings. The van der Waals surface area contributed by atoms with E-state index in [2.05, 4.69) is 16.4 Å². The Bertz CT molecular complexity index is 1250. The number of methoxy groups -OCH3 is 1. The number of amides is 1. The van der Waals surface area contributed by atoms with Crippen molar-refractivity contribution in [1.82, 2.24) is 14.9 Å². The Morgan fingerprint density at radius 1 is 1.00 bits per heavy atom. The first-order valence-corrected chi connectivity index (χ1v) is 9.71. The molecule has 0 saturated heterocycles. The van der Waals surface area contributed by atoms with E-state index in [-0.39, 0.29) is 12.5 Å². The quantitative estimate of drug-likeness (QED) is 0.481. The van der Waals surface area contributed by atoms with Gasteiger partial charge in [0.2, 0.25) is 5.91 Å². The molecule has 2 N–H and O–H groups in total. The molecule has 0 bridgehead atoms. The van der Waals surface area contributed by atoms with Crippen LogP contribution in [0.3, 0.4) is 0 Å². The summed E-state index contributed by atoms with van der Waals surface area (Å²) in [4.78, 5) is 26.8. The standard InChI is InChI=1S/C24H21N3O4/c1-31-22-5-4-18(16-6-9-25-10-7-16)12-20(22)19-3-2-17-8-11-27(21(17)13-19)15-23(28)26-14-24(29)30/h2-13H,14-15H2,1H3,(H,26,28)(H,29,30). The van der Waals surface area contributed by atoms with Gasteiger partial charge in [0, 0.05) is 29.7 Å². The molecule has 2 aromatic carbocycles. The first kappa shape index (κ1) is 20.2. The number of ether oxygens (including phenoxy) is 1. The van der Waals surface area contributed by atoms with Gasteiger partial charge in [0.15, 0.2) is 0 Å². The molecule has 0 aliphatic carbocycles. The van der Waals surface area contributed by atoms with Crippen LogP contribution in [0, 0.1) is 0 Å². The van der Waals surface area contributed by atoms with E-state index in [0.717, 1.165) is 38.9 Å². The average molecular weight is 415 g/mol. The molecule has 0 fully saturated rings. The Hall–Kier alpha value is -4.13. The normalized spacial score (nSPS) is 10.7. The van der Waals surface area contributed by atoms with E-state index in [1.54, 1.807) is 24.1 Å². The molecule has 2 heterocycles. The fourth-order valence-electron chi connectivity index (χ4n) is 3.53. The molecule has 0 atom stereocenters. The summed E-state index contributed by atoms with van der Waals surface area (Å²) in [5, 5.41) is 12.1. The van der Waals surface area contributed by atoms with Gasteiger partial charge in [-0.3, -0.25) is 14.6 Å². The largest absolute Gasteiger partial charge is 0.496 e. The number of carboxylic acid groups (broad SMARTS) is 1. The van der Waals surface area contributed by atoms with Gasteiger partial charge in [-0.2, -0.15) is 0 Å². The maximum Gasteiger partial charge on any atom is 0.322 e. The number of aliphatic carboxylic acids is 1. The molecule has 7 nitrogen and oxygen atoms in total. The monoisotopic (exact) mass is 415 g/mol. The van der Waals surface area contributed by atoms with Crippen molar-refractivity contribution in [2.24, 2.45) is 0 Å². The van der Waals surface area contributed by atoms with Crippen LogP contribution in [0.5, 0.6) is 5.75 Å². The molecule has 0 spiro atoms. The van der Waals surface area contributed by atoms with E-state index in [1.807, 2.05) is 54.7 Å². The summed E-state index contributed by atoms with van der Waals surface area (Å²) in [6, 6.07) is 17.9. The van der Waals surface area contributed by atoms with Crippen LogP contribution in [0.2, 0.25) is 0 Å². The van der Waals surface area contributed by atoms with Crippen molar-refractivity contribution in [3.05, 3.63) is 73.2 Å². The number of carboxylic acids is 1. The van der Waals surface area contributed by atoms with Crippen LogP contribution in [0.4, 0.5) is 0 Å². The fourth-order valence-corrected chi connectivity index (χ4v) is 3.53. The summed E-state index contributed by atoms with van der Waals surface area (Å²) in [6.07, 6.45) is 5.33. The molecule has 2 aromatic heterocycles. The molecular weight excluding hydrogens is 394 g/mol. The molecule has 0 saturated carbocycles. The van der Waals surface area contributed by atoms with Gasteiger partial charge in [0.1, 0.15) is 18.8 Å². The van der Waals surface area contributed by atoms with Crippen molar-refractivity contribution in [3.8, 4) is 28.0 Å². The second-order valence-electron chi connectivity index (χ2n) is 7.04. The number of hydrogen-bond acceptors (Lipinski definition) is 4. The van der Waals surface area contributed by atoms with Crippen molar-refractivity contribution in [2.45, 2.75) is 6.54 Å².